The van der Waals surface area contributed by atoms with Crippen LogP contribution in [0.5, 0.6) is 11.5 Å². The van der Waals surface area contributed by atoms with E-state index in [9.17, 15) is 5.11 Å². The first-order valence-corrected chi connectivity index (χ1v) is 6.10. The molecule has 18 heavy (non-hydrogen) atoms. The second kappa shape index (κ2) is 5.16. The van der Waals surface area contributed by atoms with Crippen molar-refractivity contribution in [2.24, 2.45) is 0 Å². The van der Waals surface area contributed by atoms with Crippen molar-refractivity contribution >= 4 is 0 Å². The Morgan fingerprint density at radius 2 is 2.06 bits per heavy atom. The molecule has 100 valence electrons. The summed E-state index contributed by atoms with van der Waals surface area (Å²) in [5, 5.41) is 9.38. The Morgan fingerprint density at radius 3 is 2.56 bits per heavy atom. The van der Waals surface area contributed by atoms with E-state index in [1.54, 1.807) is 7.11 Å². The number of hydrogen-bond donors (Lipinski definition) is 1. The monoisotopic (exact) mass is 252 g/mol. The summed E-state index contributed by atoms with van der Waals surface area (Å²) in [6, 6.07) is 5.78. The number of aliphatic hydroxyl groups is 1. The van der Waals surface area contributed by atoms with Gasteiger partial charge in [0.1, 0.15) is 6.10 Å². The first kappa shape index (κ1) is 13.2. The summed E-state index contributed by atoms with van der Waals surface area (Å²) in [6.07, 6.45) is 0.121. The van der Waals surface area contributed by atoms with Crippen LogP contribution in [0.15, 0.2) is 18.2 Å². The Kier molecular flexibility index (Phi) is 3.78. The number of aliphatic hydroxyl groups excluding tert-OH is 1. The molecule has 0 unspecified atom stereocenters. The molecule has 1 saturated heterocycles. The number of methoxy groups -OCH3 is 1. The maximum atomic E-state index is 9.38. The van der Waals surface area contributed by atoms with E-state index in [1.807, 2.05) is 32.0 Å². The zero-order chi connectivity index (χ0) is 13.2. The van der Waals surface area contributed by atoms with Crippen LogP contribution in [0, 0.1) is 0 Å². The van der Waals surface area contributed by atoms with Gasteiger partial charge in [-0.15, -0.1) is 0 Å². The molecule has 1 aliphatic heterocycles. The van der Waals surface area contributed by atoms with E-state index >= 15 is 0 Å². The molecule has 4 nitrogen and oxygen atoms in total. The quantitative estimate of drug-likeness (QED) is 0.867. The maximum absolute atomic E-state index is 9.38. The van der Waals surface area contributed by atoms with Crippen molar-refractivity contribution in [2.75, 3.05) is 26.9 Å². The average Bonchev–Trinajstić information content (AvgIpc) is 2.33. The Hall–Kier alpha value is -1.26. The minimum Gasteiger partial charge on any atom is -0.493 e. The van der Waals surface area contributed by atoms with Gasteiger partial charge in [-0.2, -0.15) is 0 Å². The smallest absolute Gasteiger partial charge is 0.161 e. The molecule has 4 heteroatoms. The fourth-order valence-electron chi connectivity index (χ4n) is 1.74. The number of benzene rings is 1. The highest BCUT2D eigenvalue weighted by Gasteiger charge is 2.24. The van der Waals surface area contributed by atoms with Crippen molar-refractivity contribution in [2.45, 2.75) is 25.4 Å². The van der Waals surface area contributed by atoms with Crippen LogP contribution >= 0.6 is 0 Å². The van der Waals surface area contributed by atoms with Gasteiger partial charge in [-0.25, -0.2) is 0 Å². The molecule has 0 atom stereocenters. The molecule has 1 N–H and O–H groups in total. The molecular formula is C14H20O4. The topological polar surface area (TPSA) is 47.9 Å². The number of hydrogen-bond acceptors (Lipinski definition) is 4. The molecular weight excluding hydrogens is 232 g/mol. The van der Waals surface area contributed by atoms with Gasteiger partial charge >= 0.3 is 0 Å². The van der Waals surface area contributed by atoms with Crippen molar-refractivity contribution in [1.82, 2.24) is 0 Å². The third-order valence-corrected chi connectivity index (χ3v) is 3.24. The minimum atomic E-state index is -0.286. The van der Waals surface area contributed by atoms with Crippen LogP contribution in [-0.2, 0) is 10.2 Å². The minimum absolute atomic E-state index is 0.0901. The molecule has 0 aromatic heterocycles. The molecule has 1 aromatic carbocycles. The number of rotatable bonds is 5. The maximum Gasteiger partial charge on any atom is 0.161 e. The fourth-order valence-corrected chi connectivity index (χ4v) is 1.74. The Labute approximate surface area is 107 Å². The number of ether oxygens (including phenoxy) is 3. The Bertz CT molecular complexity index is 410. The SMILES string of the molecule is COc1cc(C(C)(C)CO)ccc1OC1COC1. The summed E-state index contributed by atoms with van der Waals surface area (Å²) >= 11 is 0. The normalized spacial score (nSPS) is 16.2. The lowest BCUT2D eigenvalue weighted by Crippen LogP contribution is -2.38. The van der Waals surface area contributed by atoms with Gasteiger partial charge < -0.3 is 19.3 Å². The van der Waals surface area contributed by atoms with Crippen molar-refractivity contribution in [3.05, 3.63) is 23.8 Å². The van der Waals surface area contributed by atoms with E-state index < -0.39 is 0 Å². The molecule has 1 aliphatic rings. The van der Waals surface area contributed by atoms with E-state index in [0.29, 0.717) is 19.0 Å². The zero-order valence-corrected chi connectivity index (χ0v) is 11.1. The Balaban J connectivity index is 2.22. The van der Waals surface area contributed by atoms with E-state index in [0.717, 1.165) is 11.3 Å². The van der Waals surface area contributed by atoms with Crippen molar-refractivity contribution < 1.29 is 19.3 Å². The predicted octanol–water partition coefficient (Wildman–Crippen LogP) is 1.74. The molecule has 0 aliphatic carbocycles. The van der Waals surface area contributed by atoms with Gasteiger partial charge in [0.2, 0.25) is 0 Å². The van der Waals surface area contributed by atoms with Gasteiger partial charge in [0.05, 0.1) is 26.9 Å². The third-order valence-electron chi connectivity index (χ3n) is 3.24. The second-order valence-electron chi connectivity index (χ2n) is 5.18. The predicted molar refractivity (Wildman–Crippen MR) is 68.3 cm³/mol. The lowest BCUT2D eigenvalue weighted by atomic mass is 9.85. The van der Waals surface area contributed by atoms with Gasteiger partial charge in [0.15, 0.2) is 11.5 Å². The molecule has 2 rings (SSSR count). The lowest BCUT2D eigenvalue weighted by Gasteiger charge is -2.28. The van der Waals surface area contributed by atoms with Crippen molar-refractivity contribution in [1.29, 1.82) is 0 Å². The van der Waals surface area contributed by atoms with Crippen LogP contribution in [0.4, 0.5) is 0 Å². The van der Waals surface area contributed by atoms with Gasteiger partial charge in [0.25, 0.3) is 0 Å². The third kappa shape index (κ3) is 2.60. The molecule has 1 aromatic rings. The first-order chi connectivity index (χ1) is 8.56. The lowest BCUT2D eigenvalue weighted by molar-refractivity contribution is -0.0803. The second-order valence-corrected chi connectivity index (χ2v) is 5.18. The van der Waals surface area contributed by atoms with E-state index in [1.165, 1.54) is 0 Å². The van der Waals surface area contributed by atoms with Gasteiger partial charge in [-0.1, -0.05) is 19.9 Å². The first-order valence-electron chi connectivity index (χ1n) is 6.10. The molecule has 0 spiro atoms. The molecule has 0 amide bonds. The molecule has 0 bridgehead atoms. The summed E-state index contributed by atoms with van der Waals surface area (Å²) in [7, 11) is 1.62. The van der Waals surface area contributed by atoms with Crippen molar-refractivity contribution in [3.8, 4) is 11.5 Å². The highest BCUT2D eigenvalue weighted by atomic mass is 16.6. The van der Waals surface area contributed by atoms with E-state index in [4.69, 9.17) is 14.2 Å². The average molecular weight is 252 g/mol. The molecule has 0 saturated carbocycles. The summed E-state index contributed by atoms with van der Waals surface area (Å²) in [6.45, 7) is 5.33. The highest BCUT2D eigenvalue weighted by Crippen LogP contribution is 2.34. The summed E-state index contributed by atoms with van der Waals surface area (Å²) in [4.78, 5) is 0. The van der Waals surface area contributed by atoms with Crippen LogP contribution in [0.3, 0.4) is 0 Å². The largest absolute Gasteiger partial charge is 0.493 e. The van der Waals surface area contributed by atoms with Crippen LogP contribution in [-0.4, -0.2) is 38.1 Å². The molecule has 1 heterocycles. The fraction of sp³-hybridized carbons (Fsp3) is 0.571. The van der Waals surface area contributed by atoms with Gasteiger partial charge in [-0.05, 0) is 17.7 Å². The Morgan fingerprint density at radius 1 is 1.33 bits per heavy atom. The van der Waals surface area contributed by atoms with Crippen molar-refractivity contribution in [3.63, 3.8) is 0 Å². The van der Waals surface area contributed by atoms with E-state index in [-0.39, 0.29) is 18.1 Å². The van der Waals surface area contributed by atoms with Crippen LogP contribution in [0.1, 0.15) is 19.4 Å². The van der Waals surface area contributed by atoms with Crippen LogP contribution in [0.2, 0.25) is 0 Å². The summed E-state index contributed by atoms with van der Waals surface area (Å²) < 4.78 is 16.2. The van der Waals surface area contributed by atoms with Gasteiger partial charge in [0, 0.05) is 5.41 Å². The van der Waals surface area contributed by atoms with Gasteiger partial charge in [-0.3, -0.25) is 0 Å². The summed E-state index contributed by atoms with van der Waals surface area (Å²) in [5.41, 5.74) is 0.741. The molecule has 0 radical (unpaired) electrons. The van der Waals surface area contributed by atoms with E-state index in [2.05, 4.69) is 0 Å². The standard InChI is InChI=1S/C14H20O4/c1-14(2,9-15)10-4-5-12(13(6-10)16-3)18-11-7-17-8-11/h4-6,11,15H,7-9H2,1-3H3. The molecule has 1 fully saturated rings. The highest BCUT2D eigenvalue weighted by molar-refractivity contribution is 5.45. The zero-order valence-electron chi connectivity index (χ0n) is 11.1. The summed E-state index contributed by atoms with van der Waals surface area (Å²) in [5.74, 6) is 1.42. The van der Waals surface area contributed by atoms with Crippen LogP contribution in [0.25, 0.3) is 0 Å². The van der Waals surface area contributed by atoms with Crippen LogP contribution < -0.4 is 9.47 Å².